The first-order chi connectivity index (χ1) is 6.63. The van der Waals surface area contributed by atoms with E-state index in [1.165, 1.54) is 12.1 Å². The summed E-state index contributed by atoms with van der Waals surface area (Å²) in [5.74, 6) is -1.16. The number of hydrogen-bond donors (Lipinski definition) is 2. The number of anilines is 1. The molecule has 0 aliphatic heterocycles. The third-order valence-electron chi connectivity index (χ3n) is 1.56. The Balaban J connectivity index is 2.77. The second kappa shape index (κ2) is 4.23. The van der Waals surface area contributed by atoms with Crippen LogP contribution in [0.4, 0.5) is 10.1 Å². The Morgan fingerprint density at radius 2 is 2.36 bits per heavy atom. The Hall–Kier alpha value is -2.09. The van der Waals surface area contributed by atoms with Crippen LogP contribution in [-0.2, 0) is 4.79 Å². The maximum absolute atomic E-state index is 13.0. The van der Waals surface area contributed by atoms with Crippen molar-refractivity contribution in [2.45, 2.75) is 0 Å². The Morgan fingerprint density at radius 3 is 2.86 bits per heavy atom. The molecule has 0 spiro atoms. The van der Waals surface area contributed by atoms with Crippen LogP contribution in [0.3, 0.4) is 0 Å². The highest BCUT2D eigenvalue weighted by molar-refractivity contribution is 5.78. The number of primary amides is 1. The van der Waals surface area contributed by atoms with E-state index in [2.05, 4.69) is 5.32 Å². The predicted molar refractivity (Wildman–Crippen MR) is 48.8 cm³/mol. The van der Waals surface area contributed by atoms with E-state index in [4.69, 9.17) is 11.0 Å². The summed E-state index contributed by atoms with van der Waals surface area (Å²) in [6, 6.07) is 5.67. The molecule has 0 heterocycles. The minimum atomic E-state index is -0.623. The molecule has 0 radical (unpaired) electrons. The van der Waals surface area contributed by atoms with Crippen molar-refractivity contribution in [1.29, 1.82) is 5.26 Å². The van der Waals surface area contributed by atoms with Crippen LogP contribution in [0.1, 0.15) is 5.56 Å². The molecular weight excluding hydrogens is 185 g/mol. The van der Waals surface area contributed by atoms with Crippen molar-refractivity contribution in [1.82, 2.24) is 0 Å². The summed E-state index contributed by atoms with van der Waals surface area (Å²) < 4.78 is 13.0. The summed E-state index contributed by atoms with van der Waals surface area (Å²) in [6.45, 7) is -0.0641. The van der Waals surface area contributed by atoms with Gasteiger partial charge >= 0.3 is 0 Å². The third-order valence-corrected chi connectivity index (χ3v) is 1.56. The van der Waals surface area contributed by atoms with Gasteiger partial charge in [-0.2, -0.15) is 5.26 Å². The zero-order valence-corrected chi connectivity index (χ0v) is 7.25. The van der Waals surface area contributed by atoms with Gasteiger partial charge in [0.05, 0.1) is 12.1 Å². The highest BCUT2D eigenvalue weighted by Crippen LogP contribution is 2.13. The van der Waals surface area contributed by atoms with Crippen LogP contribution in [-0.4, -0.2) is 12.5 Å². The predicted octanol–water partition coefficient (Wildman–Crippen LogP) is 0.595. The number of rotatable bonds is 3. The molecule has 0 saturated carbocycles. The van der Waals surface area contributed by atoms with E-state index >= 15 is 0 Å². The minimum absolute atomic E-state index is 0.0328. The zero-order valence-electron chi connectivity index (χ0n) is 7.25. The van der Waals surface area contributed by atoms with Gasteiger partial charge in [-0.3, -0.25) is 4.79 Å². The second-order valence-corrected chi connectivity index (χ2v) is 2.63. The van der Waals surface area contributed by atoms with Gasteiger partial charge in [-0.25, -0.2) is 4.39 Å². The minimum Gasteiger partial charge on any atom is -0.376 e. The maximum Gasteiger partial charge on any atom is 0.236 e. The van der Waals surface area contributed by atoms with Crippen LogP contribution < -0.4 is 11.1 Å². The molecule has 1 aromatic rings. The molecule has 0 bridgehead atoms. The smallest absolute Gasteiger partial charge is 0.236 e. The Kier molecular flexibility index (Phi) is 3.02. The lowest BCUT2D eigenvalue weighted by molar-refractivity contribution is -0.116. The van der Waals surface area contributed by atoms with Crippen molar-refractivity contribution >= 4 is 11.6 Å². The maximum atomic E-state index is 13.0. The number of carbonyl (C=O) groups is 1. The monoisotopic (exact) mass is 193 g/mol. The van der Waals surface area contributed by atoms with Crippen molar-refractivity contribution in [3.8, 4) is 6.07 Å². The SMILES string of the molecule is N#Cc1ccc(NCC(N)=O)cc1F. The van der Waals surface area contributed by atoms with Gasteiger partial charge in [-0.1, -0.05) is 0 Å². The van der Waals surface area contributed by atoms with E-state index in [-0.39, 0.29) is 12.1 Å². The molecule has 3 N–H and O–H groups in total. The molecule has 0 atom stereocenters. The van der Waals surface area contributed by atoms with Gasteiger partial charge in [0.25, 0.3) is 0 Å². The molecule has 1 amide bonds. The number of nitriles is 1. The molecule has 0 fully saturated rings. The van der Waals surface area contributed by atoms with E-state index in [0.29, 0.717) is 5.69 Å². The van der Waals surface area contributed by atoms with E-state index in [9.17, 15) is 9.18 Å². The van der Waals surface area contributed by atoms with Crippen LogP contribution >= 0.6 is 0 Å². The van der Waals surface area contributed by atoms with Crippen molar-refractivity contribution in [3.05, 3.63) is 29.6 Å². The lowest BCUT2D eigenvalue weighted by Crippen LogP contribution is -2.21. The summed E-state index contributed by atoms with van der Waals surface area (Å²) in [5.41, 5.74) is 5.27. The Labute approximate surface area is 80.1 Å². The average molecular weight is 193 g/mol. The van der Waals surface area contributed by atoms with Crippen LogP contribution in [0, 0.1) is 17.1 Å². The standard InChI is InChI=1S/C9H8FN3O/c10-8-3-7(13-5-9(12)14)2-1-6(8)4-11/h1-3,13H,5H2,(H2,12,14). The van der Waals surface area contributed by atoms with Gasteiger partial charge in [0.2, 0.25) is 5.91 Å². The van der Waals surface area contributed by atoms with Gasteiger partial charge in [-0.05, 0) is 18.2 Å². The second-order valence-electron chi connectivity index (χ2n) is 2.63. The molecule has 72 valence electrons. The van der Waals surface area contributed by atoms with E-state index in [1.54, 1.807) is 6.07 Å². The number of amides is 1. The van der Waals surface area contributed by atoms with Crippen LogP contribution in [0.2, 0.25) is 0 Å². The first-order valence-corrected chi connectivity index (χ1v) is 3.85. The molecule has 0 aliphatic rings. The highest BCUT2D eigenvalue weighted by Gasteiger charge is 2.02. The van der Waals surface area contributed by atoms with E-state index in [0.717, 1.165) is 6.07 Å². The number of hydrogen-bond acceptors (Lipinski definition) is 3. The summed E-state index contributed by atoms with van der Waals surface area (Å²) >= 11 is 0. The van der Waals surface area contributed by atoms with Gasteiger partial charge in [0, 0.05) is 5.69 Å². The number of nitrogens with one attached hydrogen (secondary N) is 1. The van der Waals surface area contributed by atoms with Crippen molar-refractivity contribution in [2.24, 2.45) is 5.73 Å². The molecule has 0 unspecified atom stereocenters. The highest BCUT2D eigenvalue weighted by atomic mass is 19.1. The first kappa shape index (κ1) is 9.99. The first-order valence-electron chi connectivity index (χ1n) is 3.85. The molecule has 14 heavy (non-hydrogen) atoms. The summed E-state index contributed by atoms with van der Waals surface area (Å²) in [7, 11) is 0. The van der Waals surface area contributed by atoms with Gasteiger partial charge in [0.15, 0.2) is 0 Å². The normalized spacial score (nSPS) is 9.14. The molecule has 0 aromatic heterocycles. The van der Waals surface area contributed by atoms with E-state index < -0.39 is 11.7 Å². The summed E-state index contributed by atoms with van der Waals surface area (Å²) in [5, 5.41) is 11.1. The molecule has 0 aliphatic carbocycles. The van der Waals surface area contributed by atoms with Crippen LogP contribution in [0.15, 0.2) is 18.2 Å². The fourth-order valence-corrected chi connectivity index (χ4v) is 0.905. The third kappa shape index (κ3) is 2.45. The Morgan fingerprint density at radius 1 is 1.64 bits per heavy atom. The lowest BCUT2D eigenvalue weighted by Gasteiger charge is -2.03. The summed E-state index contributed by atoms with van der Waals surface area (Å²) in [6.07, 6.45) is 0. The molecule has 0 saturated heterocycles. The lowest BCUT2D eigenvalue weighted by atomic mass is 10.2. The summed E-state index contributed by atoms with van der Waals surface area (Å²) in [4.78, 5) is 10.4. The van der Waals surface area contributed by atoms with Crippen LogP contribution in [0.5, 0.6) is 0 Å². The fraction of sp³-hybridized carbons (Fsp3) is 0.111. The van der Waals surface area contributed by atoms with Gasteiger partial charge < -0.3 is 11.1 Å². The molecular formula is C9H8FN3O. The van der Waals surface area contributed by atoms with E-state index in [1.807, 2.05) is 0 Å². The zero-order chi connectivity index (χ0) is 10.6. The number of carbonyl (C=O) groups excluding carboxylic acids is 1. The quantitative estimate of drug-likeness (QED) is 0.737. The Bertz CT molecular complexity index is 398. The molecule has 1 rings (SSSR count). The molecule has 1 aromatic carbocycles. The van der Waals surface area contributed by atoms with Crippen molar-refractivity contribution in [3.63, 3.8) is 0 Å². The number of nitrogens with two attached hydrogens (primary N) is 1. The van der Waals surface area contributed by atoms with Crippen molar-refractivity contribution in [2.75, 3.05) is 11.9 Å². The fourth-order valence-electron chi connectivity index (χ4n) is 0.905. The largest absolute Gasteiger partial charge is 0.376 e. The number of halogens is 1. The topological polar surface area (TPSA) is 78.9 Å². The number of benzene rings is 1. The van der Waals surface area contributed by atoms with Gasteiger partial charge in [-0.15, -0.1) is 0 Å². The van der Waals surface area contributed by atoms with Gasteiger partial charge in [0.1, 0.15) is 11.9 Å². The molecule has 4 nitrogen and oxygen atoms in total. The van der Waals surface area contributed by atoms with Crippen LogP contribution in [0.25, 0.3) is 0 Å². The average Bonchev–Trinajstić information content (AvgIpc) is 2.15. The molecule has 5 heteroatoms. The number of nitrogens with zero attached hydrogens (tertiary/aromatic N) is 1. The van der Waals surface area contributed by atoms with Crippen molar-refractivity contribution < 1.29 is 9.18 Å².